The van der Waals surface area contributed by atoms with Crippen LogP contribution in [0.3, 0.4) is 0 Å². The van der Waals surface area contributed by atoms with Crippen LogP contribution < -0.4 is 11.1 Å². The van der Waals surface area contributed by atoms with E-state index in [9.17, 15) is 9.59 Å². The van der Waals surface area contributed by atoms with Gasteiger partial charge in [0.2, 0.25) is 11.8 Å². The van der Waals surface area contributed by atoms with Crippen LogP contribution in [0, 0.1) is 5.92 Å². The third-order valence-corrected chi connectivity index (χ3v) is 5.13. The Bertz CT molecular complexity index is 768. The Morgan fingerprint density at radius 1 is 1.04 bits per heavy atom. The molecule has 5 heteroatoms. The van der Waals surface area contributed by atoms with E-state index in [0.717, 1.165) is 16.8 Å². The molecule has 1 atom stereocenters. The van der Waals surface area contributed by atoms with E-state index in [4.69, 9.17) is 5.73 Å². The Labute approximate surface area is 154 Å². The van der Waals surface area contributed by atoms with Crippen LogP contribution in [0.2, 0.25) is 0 Å². The third kappa shape index (κ3) is 4.11. The zero-order valence-corrected chi connectivity index (χ0v) is 15.0. The Kier molecular flexibility index (Phi) is 5.68. The summed E-state index contributed by atoms with van der Waals surface area (Å²) in [5.74, 6) is -0.343. The van der Waals surface area contributed by atoms with Gasteiger partial charge in [0.1, 0.15) is 0 Å². The summed E-state index contributed by atoms with van der Waals surface area (Å²) in [7, 11) is 0. The number of nitrogens with two attached hydrogens (primary N) is 1. The largest absolute Gasteiger partial charge is 0.369 e. The lowest BCUT2D eigenvalue weighted by Gasteiger charge is -2.34. The fraction of sp³-hybridized carbons (Fsp3) is 0.333. The number of piperidine rings is 1. The summed E-state index contributed by atoms with van der Waals surface area (Å²) in [6.07, 6.45) is 1.43. The first kappa shape index (κ1) is 18.1. The quantitative estimate of drug-likeness (QED) is 0.870. The van der Waals surface area contributed by atoms with E-state index >= 15 is 0 Å². The number of primary amides is 1. The highest BCUT2D eigenvalue weighted by atomic mass is 16.2. The molecule has 1 aliphatic heterocycles. The first-order chi connectivity index (χ1) is 12.6. The molecule has 26 heavy (non-hydrogen) atoms. The van der Waals surface area contributed by atoms with Crippen molar-refractivity contribution in [2.45, 2.75) is 25.8 Å². The number of carbonyl (C=O) groups is 2. The summed E-state index contributed by atoms with van der Waals surface area (Å²) in [6.45, 7) is 3.33. The van der Waals surface area contributed by atoms with Crippen molar-refractivity contribution in [1.82, 2.24) is 4.90 Å². The van der Waals surface area contributed by atoms with Gasteiger partial charge in [0.15, 0.2) is 0 Å². The van der Waals surface area contributed by atoms with Crippen LogP contribution in [0.25, 0.3) is 11.1 Å². The summed E-state index contributed by atoms with van der Waals surface area (Å²) in [6, 6.07) is 17.6. The summed E-state index contributed by atoms with van der Waals surface area (Å²) in [5, 5.41) is 3.07. The molecule has 0 saturated carbocycles. The fourth-order valence-corrected chi connectivity index (χ4v) is 3.44. The smallest absolute Gasteiger partial charge is 0.241 e. The van der Waals surface area contributed by atoms with Crippen molar-refractivity contribution in [2.75, 3.05) is 18.4 Å². The maximum atomic E-state index is 12.8. The maximum absolute atomic E-state index is 12.8. The van der Waals surface area contributed by atoms with Crippen molar-refractivity contribution < 1.29 is 9.59 Å². The number of anilines is 1. The Morgan fingerprint density at radius 3 is 2.31 bits per heavy atom. The molecule has 136 valence electrons. The van der Waals surface area contributed by atoms with Gasteiger partial charge in [0, 0.05) is 17.2 Å². The summed E-state index contributed by atoms with van der Waals surface area (Å²) >= 11 is 0. The van der Waals surface area contributed by atoms with Crippen molar-refractivity contribution in [3.63, 3.8) is 0 Å². The van der Waals surface area contributed by atoms with E-state index in [2.05, 4.69) is 10.2 Å². The highest BCUT2D eigenvalue weighted by Gasteiger charge is 2.28. The van der Waals surface area contributed by atoms with Gasteiger partial charge in [-0.15, -0.1) is 0 Å². The maximum Gasteiger partial charge on any atom is 0.241 e. The normalized spacial score (nSPS) is 16.8. The van der Waals surface area contributed by atoms with E-state index in [1.807, 2.05) is 61.5 Å². The van der Waals surface area contributed by atoms with Crippen molar-refractivity contribution in [2.24, 2.45) is 11.7 Å². The number of rotatable bonds is 5. The lowest BCUT2D eigenvalue weighted by molar-refractivity contribution is -0.124. The molecule has 0 radical (unpaired) electrons. The van der Waals surface area contributed by atoms with E-state index in [1.165, 1.54) is 0 Å². The minimum Gasteiger partial charge on any atom is -0.369 e. The molecule has 2 amide bonds. The predicted molar refractivity (Wildman–Crippen MR) is 103 cm³/mol. The molecular weight excluding hydrogens is 326 g/mol. The highest BCUT2D eigenvalue weighted by molar-refractivity contribution is 5.98. The molecule has 0 aliphatic carbocycles. The number of hydrogen-bond acceptors (Lipinski definition) is 3. The zero-order chi connectivity index (χ0) is 18.5. The summed E-state index contributed by atoms with van der Waals surface area (Å²) in [5.41, 5.74) is 8.26. The Hall–Kier alpha value is -2.66. The number of para-hydroxylation sites is 1. The first-order valence-corrected chi connectivity index (χ1v) is 9.05. The average molecular weight is 351 g/mol. The molecule has 3 N–H and O–H groups in total. The predicted octanol–water partition coefficient (Wildman–Crippen LogP) is 2.88. The monoisotopic (exact) mass is 351 g/mol. The van der Waals surface area contributed by atoms with Crippen molar-refractivity contribution in [3.05, 3.63) is 54.6 Å². The standard InChI is InChI=1S/C21H25N3O2/c1-15(24-13-11-17(12-14-24)20(22)25)21(26)23-19-10-6-5-9-18(19)16-7-3-2-4-8-16/h2-10,15,17H,11-14H2,1H3,(H2,22,25)(H,23,26)/t15-/m0/s1. The second kappa shape index (κ2) is 8.15. The molecule has 1 heterocycles. The molecule has 2 aromatic rings. The molecule has 2 aromatic carbocycles. The van der Waals surface area contributed by atoms with E-state index < -0.39 is 0 Å². The van der Waals surface area contributed by atoms with Gasteiger partial charge in [-0.2, -0.15) is 0 Å². The van der Waals surface area contributed by atoms with Gasteiger partial charge in [0.25, 0.3) is 0 Å². The summed E-state index contributed by atoms with van der Waals surface area (Å²) in [4.78, 5) is 26.2. The molecule has 0 aromatic heterocycles. The van der Waals surface area contributed by atoms with E-state index in [1.54, 1.807) is 0 Å². The van der Waals surface area contributed by atoms with Crippen LogP contribution in [0.15, 0.2) is 54.6 Å². The number of hydrogen-bond donors (Lipinski definition) is 2. The van der Waals surface area contributed by atoms with Crippen molar-refractivity contribution >= 4 is 17.5 Å². The minimum atomic E-state index is -0.257. The lowest BCUT2D eigenvalue weighted by Crippen LogP contribution is -2.47. The average Bonchev–Trinajstić information content (AvgIpc) is 2.68. The topological polar surface area (TPSA) is 75.4 Å². The summed E-state index contributed by atoms with van der Waals surface area (Å²) < 4.78 is 0. The van der Waals surface area contributed by atoms with Crippen LogP contribution in [0.1, 0.15) is 19.8 Å². The van der Waals surface area contributed by atoms with Gasteiger partial charge >= 0.3 is 0 Å². The Balaban J connectivity index is 1.68. The Morgan fingerprint density at radius 2 is 1.65 bits per heavy atom. The number of likely N-dealkylation sites (tertiary alicyclic amines) is 1. The van der Waals surface area contributed by atoms with Crippen LogP contribution in [0.4, 0.5) is 5.69 Å². The van der Waals surface area contributed by atoms with Gasteiger partial charge in [-0.3, -0.25) is 14.5 Å². The van der Waals surface area contributed by atoms with Crippen molar-refractivity contribution in [3.8, 4) is 11.1 Å². The fourth-order valence-electron chi connectivity index (χ4n) is 3.44. The zero-order valence-electron chi connectivity index (χ0n) is 15.0. The number of amides is 2. The molecule has 0 spiro atoms. The van der Waals surface area contributed by atoms with Crippen LogP contribution in [-0.2, 0) is 9.59 Å². The third-order valence-electron chi connectivity index (χ3n) is 5.13. The number of carbonyl (C=O) groups excluding carboxylic acids is 2. The van der Waals surface area contributed by atoms with E-state index in [-0.39, 0.29) is 23.8 Å². The molecule has 5 nitrogen and oxygen atoms in total. The molecule has 1 saturated heterocycles. The molecule has 0 unspecified atom stereocenters. The molecule has 1 aliphatic rings. The SMILES string of the molecule is C[C@@H](C(=O)Nc1ccccc1-c1ccccc1)N1CCC(C(N)=O)CC1. The van der Waals surface area contributed by atoms with Gasteiger partial charge in [-0.25, -0.2) is 0 Å². The number of benzene rings is 2. The molecular formula is C21H25N3O2. The van der Waals surface area contributed by atoms with Gasteiger partial charge in [-0.05, 0) is 44.5 Å². The second-order valence-corrected chi connectivity index (χ2v) is 6.79. The lowest BCUT2D eigenvalue weighted by atomic mass is 9.95. The van der Waals surface area contributed by atoms with Crippen LogP contribution in [-0.4, -0.2) is 35.8 Å². The second-order valence-electron chi connectivity index (χ2n) is 6.79. The molecule has 3 rings (SSSR count). The van der Waals surface area contributed by atoms with Gasteiger partial charge in [-0.1, -0.05) is 48.5 Å². The van der Waals surface area contributed by atoms with Crippen LogP contribution >= 0.6 is 0 Å². The van der Waals surface area contributed by atoms with Crippen molar-refractivity contribution in [1.29, 1.82) is 0 Å². The van der Waals surface area contributed by atoms with Gasteiger partial charge in [0.05, 0.1) is 6.04 Å². The number of nitrogens with one attached hydrogen (secondary N) is 1. The minimum absolute atomic E-state index is 0.0362. The van der Waals surface area contributed by atoms with Gasteiger partial charge < -0.3 is 11.1 Å². The first-order valence-electron chi connectivity index (χ1n) is 9.05. The highest BCUT2D eigenvalue weighted by Crippen LogP contribution is 2.28. The molecule has 1 fully saturated rings. The van der Waals surface area contributed by atoms with E-state index in [0.29, 0.717) is 25.9 Å². The number of nitrogens with zero attached hydrogens (tertiary/aromatic N) is 1. The van der Waals surface area contributed by atoms with Crippen LogP contribution in [0.5, 0.6) is 0 Å². The molecule has 0 bridgehead atoms.